The Morgan fingerprint density at radius 3 is 2.71 bits per heavy atom. The Balaban J connectivity index is 1.49. The number of nitrogens with zero attached hydrogens (tertiary/aromatic N) is 2. The van der Waals surface area contributed by atoms with Crippen LogP contribution >= 0.6 is 0 Å². The number of hydrogen-bond acceptors (Lipinski definition) is 3. The fourth-order valence-corrected chi connectivity index (χ4v) is 3.65. The zero-order valence-electron chi connectivity index (χ0n) is 12.5. The van der Waals surface area contributed by atoms with Crippen LogP contribution in [0.5, 0.6) is 0 Å². The number of anilines is 1. The van der Waals surface area contributed by atoms with E-state index in [-0.39, 0.29) is 0 Å². The van der Waals surface area contributed by atoms with Crippen molar-refractivity contribution in [2.24, 2.45) is 0 Å². The van der Waals surface area contributed by atoms with E-state index in [1.54, 1.807) is 0 Å². The molecule has 0 spiro atoms. The highest BCUT2D eigenvalue weighted by Crippen LogP contribution is 2.32. The summed E-state index contributed by atoms with van der Waals surface area (Å²) in [5.41, 5.74) is 2.92. The number of carbonyl (C=O) groups is 1. The second-order valence-electron chi connectivity index (χ2n) is 6.14. The maximum absolute atomic E-state index is 10.6. The molecule has 0 aliphatic carbocycles. The molecule has 2 aliphatic rings. The van der Waals surface area contributed by atoms with Gasteiger partial charge in [0.1, 0.15) is 0 Å². The molecule has 0 amide bonds. The van der Waals surface area contributed by atoms with Gasteiger partial charge < -0.3 is 14.9 Å². The summed E-state index contributed by atoms with van der Waals surface area (Å²) in [6.45, 7) is 4.28. The molecule has 1 aromatic rings. The van der Waals surface area contributed by atoms with E-state index < -0.39 is 5.97 Å². The van der Waals surface area contributed by atoms with Gasteiger partial charge in [-0.15, -0.1) is 0 Å². The van der Waals surface area contributed by atoms with Gasteiger partial charge in [0.25, 0.3) is 0 Å². The molecule has 4 nitrogen and oxygen atoms in total. The van der Waals surface area contributed by atoms with Gasteiger partial charge >= 0.3 is 5.97 Å². The molecular formula is C17H24N2O2. The minimum Gasteiger partial charge on any atom is -0.481 e. The van der Waals surface area contributed by atoms with Crippen LogP contribution in [-0.2, 0) is 11.2 Å². The van der Waals surface area contributed by atoms with Crippen molar-refractivity contribution in [3.63, 3.8) is 0 Å². The van der Waals surface area contributed by atoms with Gasteiger partial charge in [-0.25, -0.2) is 0 Å². The Morgan fingerprint density at radius 1 is 1.19 bits per heavy atom. The van der Waals surface area contributed by atoms with Crippen LogP contribution in [-0.4, -0.2) is 48.2 Å². The van der Waals surface area contributed by atoms with Gasteiger partial charge in [-0.2, -0.15) is 0 Å². The molecule has 114 valence electrons. The summed E-state index contributed by atoms with van der Waals surface area (Å²) >= 11 is 0. The summed E-state index contributed by atoms with van der Waals surface area (Å²) < 4.78 is 0. The normalized spacial score (nSPS) is 19.7. The molecule has 1 N–H and O–H groups in total. The number of benzene rings is 1. The molecule has 0 saturated carbocycles. The smallest absolute Gasteiger partial charge is 0.303 e. The molecule has 0 unspecified atom stereocenters. The van der Waals surface area contributed by atoms with Crippen LogP contribution in [0.3, 0.4) is 0 Å². The lowest BCUT2D eigenvalue weighted by Crippen LogP contribution is -2.44. The SMILES string of the molecule is O=C(O)CCCN1CCC(N2CCc3ccccc32)CC1. The van der Waals surface area contributed by atoms with Crippen molar-refractivity contribution >= 4 is 11.7 Å². The quantitative estimate of drug-likeness (QED) is 0.903. The Bertz CT molecular complexity index is 495. The third kappa shape index (κ3) is 3.38. The zero-order valence-corrected chi connectivity index (χ0v) is 12.5. The maximum atomic E-state index is 10.6. The van der Waals surface area contributed by atoms with E-state index in [0.29, 0.717) is 12.5 Å². The summed E-state index contributed by atoms with van der Waals surface area (Å²) in [7, 11) is 0. The molecule has 2 heterocycles. The van der Waals surface area contributed by atoms with E-state index in [4.69, 9.17) is 5.11 Å². The molecule has 0 radical (unpaired) electrons. The largest absolute Gasteiger partial charge is 0.481 e. The van der Waals surface area contributed by atoms with Gasteiger partial charge in [0, 0.05) is 37.8 Å². The number of carboxylic acid groups (broad SMARTS) is 1. The molecule has 21 heavy (non-hydrogen) atoms. The van der Waals surface area contributed by atoms with Crippen molar-refractivity contribution in [3.05, 3.63) is 29.8 Å². The van der Waals surface area contributed by atoms with Crippen LogP contribution in [0, 0.1) is 0 Å². The van der Waals surface area contributed by atoms with Gasteiger partial charge in [0.2, 0.25) is 0 Å². The summed E-state index contributed by atoms with van der Waals surface area (Å²) in [5.74, 6) is -0.682. The van der Waals surface area contributed by atoms with Gasteiger partial charge in [-0.05, 0) is 43.9 Å². The minimum absolute atomic E-state index is 0.291. The standard InChI is InChI=1S/C17H24N2O2/c20-17(21)6-3-10-18-11-8-15(9-12-18)19-13-7-14-4-1-2-5-16(14)19/h1-2,4-5,15H,3,6-13H2,(H,20,21). The van der Waals surface area contributed by atoms with Crippen LogP contribution < -0.4 is 4.90 Å². The summed E-state index contributed by atoms with van der Waals surface area (Å²) in [6.07, 6.45) is 4.63. The number of rotatable bonds is 5. The number of carboxylic acids is 1. The highest BCUT2D eigenvalue weighted by molar-refractivity contribution is 5.66. The fraction of sp³-hybridized carbons (Fsp3) is 0.588. The summed E-state index contributed by atoms with van der Waals surface area (Å²) in [5, 5.41) is 8.70. The number of fused-ring (bicyclic) bond motifs is 1. The van der Waals surface area contributed by atoms with Gasteiger partial charge in [-0.1, -0.05) is 18.2 Å². The first-order valence-electron chi connectivity index (χ1n) is 8.03. The van der Waals surface area contributed by atoms with Crippen molar-refractivity contribution in [1.82, 2.24) is 4.90 Å². The zero-order chi connectivity index (χ0) is 14.7. The minimum atomic E-state index is -0.682. The monoisotopic (exact) mass is 288 g/mol. The molecule has 3 rings (SSSR count). The maximum Gasteiger partial charge on any atom is 0.303 e. The van der Waals surface area contributed by atoms with E-state index in [1.807, 2.05) is 0 Å². The molecule has 1 fully saturated rings. The third-order valence-corrected chi connectivity index (χ3v) is 4.79. The van der Waals surface area contributed by atoms with Gasteiger partial charge in [0.05, 0.1) is 0 Å². The molecule has 1 saturated heterocycles. The lowest BCUT2D eigenvalue weighted by Gasteiger charge is -2.38. The van der Waals surface area contributed by atoms with Crippen LogP contribution in [0.2, 0.25) is 0 Å². The third-order valence-electron chi connectivity index (χ3n) is 4.79. The van der Waals surface area contributed by atoms with Crippen molar-refractivity contribution in [3.8, 4) is 0 Å². The lowest BCUT2D eigenvalue weighted by atomic mass is 10.0. The average molecular weight is 288 g/mol. The second kappa shape index (κ2) is 6.48. The highest BCUT2D eigenvalue weighted by Gasteiger charge is 2.28. The molecule has 0 bridgehead atoms. The van der Waals surface area contributed by atoms with Crippen molar-refractivity contribution in [1.29, 1.82) is 0 Å². The molecule has 2 aliphatic heterocycles. The van der Waals surface area contributed by atoms with Crippen molar-refractivity contribution < 1.29 is 9.90 Å². The first-order chi connectivity index (χ1) is 10.2. The topological polar surface area (TPSA) is 43.8 Å². The van der Waals surface area contributed by atoms with Crippen LogP contribution in [0.15, 0.2) is 24.3 Å². The Hall–Kier alpha value is -1.55. The van der Waals surface area contributed by atoms with E-state index in [0.717, 1.165) is 32.6 Å². The number of hydrogen-bond donors (Lipinski definition) is 1. The molecule has 0 atom stereocenters. The van der Waals surface area contributed by atoms with Gasteiger partial charge in [-0.3, -0.25) is 4.79 Å². The fourth-order valence-electron chi connectivity index (χ4n) is 3.65. The molecule has 1 aromatic carbocycles. The first kappa shape index (κ1) is 14.4. The lowest BCUT2D eigenvalue weighted by molar-refractivity contribution is -0.137. The summed E-state index contributed by atoms with van der Waals surface area (Å²) in [4.78, 5) is 15.6. The van der Waals surface area contributed by atoms with Crippen LogP contribution in [0.1, 0.15) is 31.2 Å². The average Bonchev–Trinajstić information content (AvgIpc) is 2.92. The Labute approximate surface area is 126 Å². The second-order valence-corrected chi connectivity index (χ2v) is 6.14. The van der Waals surface area contributed by atoms with Crippen LogP contribution in [0.4, 0.5) is 5.69 Å². The first-order valence-corrected chi connectivity index (χ1v) is 8.03. The van der Waals surface area contributed by atoms with E-state index in [1.165, 1.54) is 30.5 Å². The Morgan fingerprint density at radius 2 is 1.95 bits per heavy atom. The summed E-state index contributed by atoms with van der Waals surface area (Å²) in [6, 6.07) is 9.42. The van der Waals surface area contributed by atoms with Crippen LogP contribution in [0.25, 0.3) is 0 Å². The van der Waals surface area contributed by atoms with Crippen molar-refractivity contribution in [2.75, 3.05) is 31.1 Å². The highest BCUT2D eigenvalue weighted by atomic mass is 16.4. The van der Waals surface area contributed by atoms with E-state index in [9.17, 15) is 4.79 Å². The predicted octanol–water partition coefficient (Wildman–Crippen LogP) is 2.38. The number of likely N-dealkylation sites (tertiary alicyclic amines) is 1. The number of para-hydroxylation sites is 1. The molecular weight excluding hydrogens is 264 g/mol. The van der Waals surface area contributed by atoms with E-state index in [2.05, 4.69) is 34.1 Å². The van der Waals surface area contributed by atoms with E-state index >= 15 is 0 Å². The molecule has 0 aromatic heterocycles. The predicted molar refractivity (Wildman–Crippen MR) is 83.8 cm³/mol. The molecule has 4 heteroatoms. The number of aliphatic carboxylic acids is 1. The number of piperidine rings is 1. The van der Waals surface area contributed by atoms with Gasteiger partial charge in [0.15, 0.2) is 0 Å². The van der Waals surface area contributed by atoms with Crippen molar-refractivity contribution in [2.45, 2.75) is 38.1 Å². The Kier molecular flexibility index (Phi) is 4.44.